The minimum atomic E-state index is -3.33. The molecule has 0 bridgehead atoms. The molecule has 0 radical (unpaired) electrons. The molecule has 0 aliphatic heterocycles. The van der Waals surface area contributed by atoms with Crippen LogP contribution in [0, 0.1) is 0 Å². The highest BCUT2D eigenvalue weighted by Crippen LogP contribution is 2.42. The summed E-state index contributed by atoms with van der Waals surface area (Å²) >= 11 is 0. The molecular formula is C6H15O4P. The molecule has 11 heavy (non-hydrogen) atoms. The minimum Gasteiger partial charge on any atom is -0.396 e. The Hall–Kier alpha value is 0.110. The fourth-order valence-corrected chi connectivity index (χ4v) is 1.73. The SMILES string of the molecule is CCCP(=O)(O)OCCCO. The first-order valence-corrected chi connectivity index (χ1v) is 5.46. The largest absolute Gasteiger partial charge is 0.396 e. The van der Waals surface area contributed by atoms with Crippen molar-refractivity contribution in [2.24, 2.45) is 0 Å². The van der Waals surface area contributed by atoms with Gasteiger partial charge in [-0.05, 0) is 12.8 Å². The zero-order chi connectivity index (χ0) is 8.74. The van der Waals surface area contributed by atoms with Crippen LogP contribution in [0.1, 0.15) is 19.8 Å². The fraction of sp³-hybridized carbons (Fsp3) is 1.00. The van der Waals surface area contributed by atoms with Crippen LogP contribution in [0.15, 0.2) is 0 Å². The van der Waals surface area contributed by atoms with E-state index in [0.717, 1.165) is 0 Å². The van der Waals surface area contributed by atoms with Crippen molar-refractivity contribution in [3.63, 3.8) is 0 Å². The second-order valence-electron chi connectivity index (χ2n) is 2.27. The van der Waals surface area contributed by atoms with Gasteiger partial charge in [0, 0.05) is 12.8 Å². The van der Waals surface area contributed by atoms with Crippen LogP contribution in [0.4, 0.5) is 0 Å². The maximum absolute atomic E-state index is 10.9. The van der Waals surface area contributed by atoms with Gasteiger partial charge in [0.2, 0.25) is 0 Å². The molecule has 0 heterocycles. The van der Waals surface area contributed by atoms with Crippen molar-refractivity contribution >= 4 is 7.60 Å². The smallest absolute Gasteiger partial charge is 0.328 e. The summed E-state index contributed by atoms with van der Waals surface area (Å²) in [6.07, 6.45) is 1.24. The van der Waals surface area contributed by atoms with Crippen molar-refractivity contribution in [1.29, 1.82) is 0 Å². The Morgan fingerprint density at radius 3 is 2.64 bits per heavy atom. The van der Waals surface area contributed by atoms with Gasteiger partial charge in [0.05, 0.1) is 6.61 Å². The van der Waals surface area contributed by atoms with E-state index in [9.17, 15) is 4.57 Å². The average Bonchev–Trinajstić information content (AvgIpc) is 1.87. The van der Waals surface area contributed by atoms with Gasteiger partial charge < -0.3 is 14.5 Å². The van der Waals surface area contributed by atoms with E-state index >= 15 is 0 Å². The predicted octanol–water partition coefficient (Wildman–Crippen LogP) is 0.981. The summed E-state index contributed by atoms with van der Waals surface area (Å²) in [7, 11) is -3.33. The average molecular weight is 182 g/mol. The third kappa shape index (κ3) is 6.51. The molecule has 1 unspecified atom stereocenters. The number of hydrogen-bond donors (Lipinski definition) is 2. The zero-order valence-corrected chi connectivity index (χ0v) is 7.59. The topological polar surface area (TPSA) is 66.8 Å². The van der Waals surface area contributed by atoms with E-state index < -0.39 is 7.60 Å². The first kappa shape index (κ1) is 11.1. The maximum atomic E-state index is 10.9. The van der Waals surface area contributed by atoms with Crippen molar-refractivity contribution in [3.8, 4) is 0 Å². The van der Waals surface area contributed by atoms with Gasteiger partial charge in [-0.15, -0.1) is 0 Å². The van der Waals surface area contributed by atoms with E-state index in [1.54, 1.807) is 0 Å². The summed E-state index contributed by atoms with van der Waals surface area (Å²) in [5, 5.41) is 8.34. The molecule has 0 saturated heterocycles. The lowest BCUT2D eigenvalue weighted by atomic mass is 10.5. The molecule has 0 aromatic rings. The number of rotatable bonds is 6. The van der Waals surface area contributed by atoms with Crippen molar-refractivity contribution in [2.45, 2.75) is 19.8 Å². The normalized spacial score (nSPS) is 16.3. The molecule has 0 aromatic carbocycles. The number of hydrogen-bond acceptors (Lipinski definition) is 3. The van der Waals surface area contributed by atoms with Crippen LogP contribution < -0.4 is 0 Å². The van der Waals surface area contributed by atoms with Crippen molar-refractivity contribution in [1.82, 2.24) is 0 Å². The molecule has 0 aliphatic carbocycles. The molecule has 0 amide bonds. The van der Waals surface area contributed by atoms with Crippen LogP contribution >= 0.6 is 7.60 Å². The summed E-state index contributed by atoms with van der Waals surface area (Å²) in [5.74, 6) is 0. The molecule has 0 aromatic heterocycles. The van der Waals surface area contributed by atoms with Gasteiger partial charge in [0.25, 0.3) is 0 Å². The van der Waals surface area contributed by atoms with Crippen LogP contribution in [-0.2, 0) is 9.09 Å². The van der Waals surface area contributed by atoms with Crippen molar-refractivity contribution in [2.75, 3.05) is 19.4 Å². The highest BCUT2D eigenvalue weighted by Gasteiger charge is 2.16. The van der Waals surface area contributed by atoms with E-state index in [1.807, 2.05) is 6.92 Å². The first-order chi connectivity index (χ1) is 5.12. The highest BCUT2D eigenvalue weighted by molar-refractivity contribution is 7.52. The van der Waals surface area contributed by atoms with E-state index in [2.05, 4.69) is 4.52 Å². The quantitative estimate of drug-likeness (QED) is 0.474. The van der Waals surface area contributed by atoms with E-state index in [4.69, 9.17) is 10.00 Å². The second-order valence-corrected chi connectivity index (χ2v) is 4.25. The van der Waals surface area contributed by atoms with Gasteiger partial charge >= 0.3 is 7.60 Å². The van der Waals surface area contributed by atoms with Crippen LogP contribution in [0.3, 0.4) is 0 Å². The third-order valence-corrected chi connectivity index (χ3v) is 2.70. The van der Waals surface area contributed by atoms with Crippen LogP contribution in [0.5, 0.6) is 0 Å². The standard InChI is InChI=1S/C6H15O4P/c1-2-6-11(8,9)10-5-3-4-7/h7H,2-6H2,1H3,(H,8,9). The Balaban J connectivity index is 3.47. The molecule has 0 rings (SSSR count). The summed E-state index contributed by atoms with van der Waals surface area (Å²) in [6, 6.07) is 0. The molecule has 0 saturated carbocycles. The lowest BCUT2D eigenvalue weighted by Crippen LogP contribution is -1.97. The first-order valence-electron chi connectivity index (χ1n) is 3.69. The molecule has 0 fully saturated rings. The molecule has 2 N–H and O–H groups in total. The van der Waals surface area contributed by atoms with Crippen molar-refractivity contribution in [3.05, 3.63) is 0 Å². The minimum absolute atomic E-state index is 0.00781. The highest BCUT2D eigenvalue weighted by atomic mass is 31.2. The van der Waals surface area contributed by atoms with Crippen molar-refractivity contribution < 1.29 is 19.1 Å². The molecule has 0 spiro atoms. The molecule has 0 aliphatic rings. The lowest BCUT2D eigenvalue weighted by Gasteiger charge is -2.09. The van der Waals surface area contributed by atoms with Crippen LogP contribution in [-0.4, -0.2) is 29.4 Å². The van der Waals surface area contributed by atoms with Gasteiger partial charge in [-0.1, -0.05) is 6.92 Å². The maximum Gasteiger partial charge on any atom is 0.328 e. The predicted molar refractivity (Wildman–Crippen MR) is 42.6 cm³/mol. The monoisotopic (exact) mass is 182 g/mol. The molecular weight excluding hydrogens is 167 g/mol. The lowest BCUT2D eigenvalue weighted by molar-refractivity contribution is 0.214. The van der Waals surface area contributed by atoms with E-state index in [-0.39, 0.29) is 19.4 Å². The summed E-state index contributed by atoms with van der Waals surface area (Å²) in [4.78, 5) is 8.99. The van der Waals surface area contributed by atoms with Gasteiger partial charge in [0.15, 0.2) is 0 Å². The molecule has 68 valence electrons. The van der Waals surface area contributed by atoms with E-state index in [1.165, 1.54) is 0 Å². The second kappa shape index (κ2) is 5.72. The zero-order valence-electron chi connectivity index (χ0n) is 6.69. The Morgan fingerprint density at radius 1 is 1.55 bits per heavy atom. The fourth-order valence-electron chi connectivity index (χ4n) is 0.619. The Kier molecular flexibility index (Phi) is 5.78. The third-order valence-electron chi connectivity index (χ3n) is 1.10. The Bertz CT molecular complexity index is 137. The molecule has 4 nitrogen and oxygen atoms in total. The van der Waals surface area contributed by atoms with Gasteiger partial charge in [0.1, 0.15) is 0 Å². The van der Waals surface area contributed by atoms with Crippen LogP contribution in [0.25, 0.3) is 0 Å². The van der Waals surface area contributed by atoms with Crippen LogP contribution in [0.2, 0.25) is 0 Å². The van der Waals surface area contributed by atoms with Gasteiger partial charge in [-0.2, -0.15) is 0 Å². The molecule has 5 heteroatoms. The summed E-state index contributed by atoms with van der Waals surface area (Å²) < 4.78 is 15.6. The number of aliphatic hydroxyl groups is 1. The molecule has 1 atom stereocenters. The summed E-state index contributed by atoms with van der Waals surface area (Å²) in [6.45, 7) is 1.97. The Labute approximate surface area is 66.7 Å². The van der Waals surface area contributed by atoms with Gasteiger partial charge in [-0.25, -0.2) is 0 Å². The summed E-state index contributed by atoms with van der Waals surface area (Å²) in [5.41, 5.74) is 0. The van der Waals surface area contributed by atoms with Gasteiger partial charge in [-0.3, -0.25) is 4.57 Å². The van der Waals surface area contributed by atoms with E-state index in [0.29, 0.717) is 12.8 Å². The Morgan fingerprint density at radius 2 is 2.18 bits per heavy atom. The number of aliphatic hydroxyl groups excluding tert-OH is 1.